The monoisotopic (exact) mass is 223 g/mol. The van der Waals surface area contributed by atoms with E-state index in [9.17, 15) is 0 Å². The van der Waals surface area contributed by atoms with Crippen LogP contribution in [-0.4, -0.2) is 10.6 Å². The molecule has 15 heavy (non-hydrogen) atoms. The lowest BCUT2D eigenvalue weighted by Gasteiger charge is -2.22. The zero-order valence-corrected chi connectivity index (χ0v) is 9.85. The average molecular weight is 224 g/mol. The standard InChI is InChI=1S/C12H14ClNO/c1-12(2,3)15-10-5-4-9-8(11(10)13)6-7-14-9/h4-7,14H,1-3H3. The Hall–Kier alpha value is -1.15. The van der Waals surface area contributed by atoms with Gasteiger partial charge in [0, 0.05) is 17.1 Å². The molecule has 1 aromatic carbocycles. The summed E-state index contributed by atoms with van der Waals surface area (Å²) in [5.74, 6) is 0.733. The largest absolute Gasteiger partial charge is 0.487 e. The number of halogens is 1. The fraction of sp³-hybridized carbons (Fsp3) is 0.333. The third-order valence-corrected chi connectivity index (χ3v) is 2.44. The van der Waals surface area contributed by atoms with Gasteiger partial charge in [-0.15, -0.1) is 0 Å². The number of H-pyrrole nitrogens is 1. The van der Waals surface area contributed by atoms with E-state index >= 15 is 0 Å². The molecule has 0 aliphatic heterocycles. The Bertz CT molecular complexity index is 482. The average Bonchev–Trinajstić information content (AvgIpc) is 2.56. The van der Waals surface area contributed by atoms with Crippen molar-refractivity contribution < 1.29 is 4.74 Å². The zero-order valence-electron chi connectivity index (χ0n) is 9.10. The Labute approximate surface area is 94.2 Å². The lowest BCUT2D eigenvalue weighted by Crippen LogP contribution is -2.23. The Balaban J connectivity index is 2.48. The van der Waals surface area contributed by atoms with Crippen molar-refractivity contribution in [3.05, 3.63) is 29.4 Å². The predicted octanol–water partition coefficient (Wildman–Crippen LogP) is 4.00. The van der Waals surface area contributed by atoms with Crippen LogP contribution in [0.5, 0.6) is 5.75 Å². The van der Waals surface area contributed by atoms with Crippen molar-refractivity contribution in [3.63, 3.8) is 0 Å². The highest BCUT2D eigenvalue weighted by Gasteiger charge is 2.15. The number of ether oxygens (including phenoxy) is 1. The lowest BCUT2D eigenvalue weighted by molar-refractivity contribution is 0.131. The molecule has 0 aliphatic rings. The van der Waals surface area contributed by atoms with Crippen LogP contribution < -0.4 is 4.74 Å². The zero-order chi connectivity index (χ0) is 11.1. The number of rotatable bonds is 1. The molecule has 0 aliphatic carbocycles. The summed E-state index contributed by atoms with van der Waals surface area (Å²) < 4.78 is 5.76. The van der Waals surface area contributed by atoms with E-state index in [1.54, 1.807) is 0 Å². The third-order valence-electron chi connectivity index (χ3n) is 2.05. The molecule has 0 spiro atoms. The molecule has 0 saturated carbocycles. The molecule has 1 heterocycles. The predicted molar refractivity (Wildman–Crippen MR) is 63.7 cm³/mol. The first-order valence-corrected chi connectivity index (χ1v) is 5.30. The molecular weight excluding hydrogens is 210 g/mol. The molecule has 2 rings (SSSR count). The first-order chi connectivity index (χ1) is 6.97. The van der Waals surface area contributed by atoms with Gasteiger partial charge in [-0.05, 0) is 39.0 Å². The molecule has 0 atom stereocenters. The first kappa shape index (κ1) is 10.4. The summed E-state index contributed by atoms with van der Waals surface area (Å²) in [6, 6.07) is 5.82. The summed E-state index contributed by atoms with van der Waals surface area (Å²) >= 11 is 6.24. The molecule has 1 N–H and O–H groups in total. The van der Waals surface area contributed by atoms with Crippen molar-refractivity contribution in [2.45, 2.75) is 26.4 Å². The normalized spacial score (nSPS) is 12.0. The minimum absolute atomic E-state index is 0.229. The van der Waals surface area contributed by atoms with Gasteiger partial charge < -0.3 is 9.72 Å². The van der Waals surface area contributed by atoms with E-state index in [0.29, 0.717) is 5.02 Å². The topological polar surface area (TPSA) is 25.0 Å². The van der Waals surface area contributed by atoms with E-state index in [4.69, 9.17) is 16.3 Å². The van der Waals surface area contributed by atoms with E-state index < -0.39 is 0 Å². The Kier molecular flexibility index (Phi) is 2.39. The summed E-state index contributed by atoms with van der Waals surface area (Å²) in [6.45, 7) is 6.01. The molecule has 0 radical (unpaired) electrons. The summed E-state index contributed by atoms with van der Waals surface area (Å²) in [7, 11) is 0. The quantitative estimate of drug-likeness (QED) is 0.777. The van der Waals surface area contributed by atoms with E-state index in [-0.39, 0.29) is 5.60 Å². The third kappa shape index (κ3) is 2.10. The van der Waals surface area contributed by atoms with Gasteiger partial charge in [-0.1, -0.05) is 11.6 Å². The van der Waals surface area contributed by atoms with Crippen molar-refractivity contribution in [2.75, 3.05) is 0 Å². The number of hydrogen-bond donors (Lipinski definition) is 1. The van der Waals surface area contributed by atoms with Gasteiger partial charge in [-0.2, -0.15) is 0 Å². The van der Waals surface area contributed by atoms with Crippen molar-refractivity contribution in [1.29, 1.82) is 0 Å². The second-order valence-electron chi connectivity index (χ2n) is 4.53. The molecule has 80 valence electrons. The first-order valence-electron chi connectivity index (χ1n) is 4.92. The Morgan fingerprint density at radius 3 is 2.60 bits per heavy atom. The SMILES string of the molecule is CC(C)(C)Oc1ccc2[nH]ccc2c1Cl. The fourth-order valence-electron chi connectivity index (χ4n) is 1.49. The highest BCUT2D eigenvalue weighted by atomic mass is 35.5. The summed E-state index contributed by atoms with van der Waals surface area (Å²) in [6.07, 6.45) is 1.87. The van der Waals surface area contributed by atoms with Crippen molar-refractivity contribution >= 4 is 22.5 Å². The van der Waals surface area contributed by atoms with Crippen LogP contribution in [0.25, 0.3) is 10.9 Å². The molecule has 2 nitrogen and oxygen atoms in total. The lowest BCUT2D eigenvalue weighted by atomic mass is 10.2. The van der Waals surface area contributed by atoms with Crippen molar-refractivity contribution in [2.24, 2.45) is 0 Å². The Morgan fingerprint density at radius 2 is 1.93 bits per heavy atom. The van der Waals surface area contributed by atoms with E-state index in [0.717, 1.165) is 16.7 Å². The maximum atomic E-state index is 6.24. The molecule has 3 heteroatoms. The van der Waals surface area contributed by atoms with Gasteiger partial charge in [0.1, 0.15) is 11.4 Å². The van der Waals surface area contributed by atoms with Crippen LogP contribution in [0.4, 0.5) is 0 Å². The fourth-order valence-corrected chi connectivity index (χ4v) is 1.75. The van der Waals surface area contributed by atoms with Gasteiger partial charge in [-0.3, -0.25) is 0 Å². The van der Waals surface area contributed by atoms with Crippen LogP contribution in [-0.2, 0) is 0 Å². The van der Waals surface area contributed by atoms with Crippen LogP contribution in [0, 0.1) is 0 Å². The van der Waals surface area contributed by atoms with Crippen molar-refractivity contribution in [3.8, 4) is 5.75 Å². The molecule has 0 fully saturated rings. The van der Waals surface area contributed by atoms with Crippen LogP contribution in [0.15, 0.2) is 24.4 Å². The molecule has 1 aromatic heterocycles. The van der Waals surface area contributed by atoms with E-state index in [2.05, 4.69) is 4.98 Å². The maximum absolute atomic E-state index is 6.24. The van der Waals surface area contributed by atoms with Gasteiger partial charge in [0.2, 0.25) is 0 Å². The number of aromatic nitrogens is 1. The molecule has 0 amide bonds. The highest BCUT2D eigenvalue weighted by Crippen LogP contribution is 2.34. The minimum Gasteiger partial charge on any atom is -0.487 e. The van der Waals surface area contributed by atoms with Crippen LogP contribution in [0.1, 0.15) is 20.8 Å². The summed E-state index contributed by atoms with van der Waals surface area (Å²) in [4.78, 5) is 3.11. The van der Waals surface area contributed by atoms with Crippen LogP contribution >= 0.6 is 11.6 Å². The molecule has 2 aromatic rings. The van der Waals surface area contributed by atoms with Crippen molar-refractivity contribution in [1.82, 2.24) is 4.98 Å². The minimum atomic E-state index is -0.229. The number of aromatic amines is 1. The number of benzene rings is 1. The van der Waals surface area contributed by atoms with Gasteiger partial charge in [-0.25, -0.2) is 0 Å². The molecule has 0 bridgehead atoms. The second-order valence-corrected chi connectivity index (χ2v) is 4.91. The van der Waals surface area contributed by atoms with Gasteiger partial charge in [0.05, 0.1) is 5.02 Å². The van der Waals surface area contributed by atoms with Gasteiger partial charge >= 0.3 is 0 Å². The van der Waals surface area contributed by atoms with Crippen LogP contribution in [0.3, 0.4) is 0 Å². The molecule has 0 unspecified atom stereocenters. The van der Waals surface area contributed by atoms with Gasteiger partial charge in [0.25, 0.3) is 0 Å². The Morgan fingerprint density at radius 1 is 1.20 bits per heavy atom. The summed E-state index contributed by atoms with van der Waals surface area (Å²) in [5.41, 5.74) is 0.800. The van der Waals surface area contributed by atoms with Crippen LogP contribution in [0.2, 0.25) is 5.02 Å². The van der Waals surface area contributed by atoms with E-state index in [1.807, 2.05) is 45.2 Å². The maximum Gasteiger partial charge on any atom is 0.139 e. The molecular formula is C12H14ClNO. The smallest absolute Gasteiger partial charge is 0.139 e. The van der Waals surface area contributed by atoms with E-state index in [1.165, 1.54) is 0 Å². The summed E-state index contributed by atoms with van der Waals surface area (Å²) in [5, 5.41) is 1.67. The molecule has 0 saturated heterocycles. The number of fused-ring (bicyclic) bond motifs is 1. The number of hydrogen-bond acceptors (Lipinski definition) is 1. The highest BCUT2D eigenvalue weighted by molar-refractivity contribution is 6.36. The second kappa shape index (κ2) is 3.46. The van der Waals surface area contributed by atoms with Gasteiger partial charge in [0.15, 0.2) is 0 Å². The number of nitrogens with one attached hydrogen (secondary N) is 1.